The summed E-state index contributed by atoms with van der Waals surface area (Å²) in [5.41, 5.74) is -0.471. The number of benzene rings is 1. The monoisotopic (exact) mass is 392 g/mol. The maximum absolute atomic E-state index is 12.2. The minimum absolute atomic E-state index is 0.0441. The third-order valence-electron chi connectivity index (χ3n) is 4.01. The summed E-state index contributed by atoms with van der Waals surface area (Å²) in [6, 6.07) is 6.71. The van der Waals surface area contributed by atoms with Crippen LogP contribution in [0, 0.1) is 0 Å². The summed E-state index contributed by atoms with van der Waals surface area (Å²) in [5, 5.41) is 23.8. The van der Waals surface area contributed by atoms with Gasteiger partial charge in [-0.15, -0.1) is 0 Å². The van der Waals surface area contributed by atoms with Crippen molar-refractivity contribution in [1.82, 2.24) is 19.3 Å². The van der Waals surface area contributed by atoms with Crippen LogP contribution >= 0.6 is 11.6 Å². The summed E-state index contributed by atoms with van der Waals surface area (Å²) in [6.07, 6.45) is 0.512. The van der Waals surface area contributed by atoms with Crippen LogP contribution in [-0.4, -0.2) is 29.5 Å². The van der Waals surface area contributed by atoms with Gasteiger partial charge in [0.15, 0.2) is 5.82 Å². The summed E-state index contributed by atoms with van der Waals surface area (Å²) in [5.74, 6) is 0.276. The van der Waals surface area contributed by atoms with E-state index in [1.165, 1.54) is 17.8 Å². The van der Waals surface area contributed by atoms with Crippen molar-refractivity contribution in [2.75, 3.05) is 0 Å². The van der Waals surface area contributed by atoms with Crippen molar-refractivity contribution in [3.8, 4) is 0 Å². The van der Waals surface area contributed by atoms with Crippen LogP contribution in [0.2, 0.25) is 5.02 Å². The van der Waals surface area contributed by atoms with Gasteiger partial charge in [0.05, 0.1) is 18.3 Å². The molecule has 0 aliphatic heterocycles. The number of aliphatic hydroxyl groups is 2. The molecule has 1 aromatic carbocycles. The van der Waals surface area contributed by atoms with Gasteiger partial charge < -0.3 is 19.3 Å². The Bertz CT molecular complexity index is 1050. The second kappa shape index (κ2) is 7.87. The van der Waals surface area contributed by atoms with E-state index in [9.17, 15) is 19.8 Å². The van der Waals surface area contributed by atoms with Crippen molar-refractivity contribution in [3.63, 3.8) is 0 Å². The highest BCUT2D eigenvalue weighted by Gasteiger charge is 2.16. The first-order chi connectivity index (χ1) is 12.9. The minimum Gasteiger partial charge on any atom is -0.391 e. The minimum atomic E-state index is -0.860. The maximum atomic E-state index is 12.2. The number of aliphatic hydroxyl groups excluding tert-OH is 2. The summed E-state index contributed by atoms with van der Waals surface area (Å²) in [6.45, 7) is -0.724. The third kappa shape index (κ3) is 4.16. The lowest BCUT2D eigenvalue weighted by atomic mass is 10.1. The molecule has 0 saturated carbocycles. The highest BCUT2D eigenvalue weighted by molar-refractivity contribution is 6.30. The molecule has 3 rings (SSSR count). The Morgan fingerprint density at radius 1 is 1.26 bits per heavy atom. The van der Waals surface area contributed by atoms with Gasteiger partial charge in [0.1, 0.15) is 6.54 Å². The first-order valence-electron chi connectivity index (χ1n) is 8.04. The van der Waals surface area contributed by atoms with E-state index in [4.69, 9.17) is 16.1 Å². The molecule has 2 aromatic heterocycles. The van der Waals surface area contributed by atoms with Crippen LogP contribution in [0.15, 0.2) is 44.6 Å². The van der Waals surface area contributed by atoms with E-state index in [0.717, 1.165) is 4.57 Å². The summed E-state index contributed by atoms with van der Waals surface area (Å²) >= 11 is 5.82. The van der Waals surface area contributed by atoms with Gasteiger partial charge in [-0.2, -0.15) is 4.98 Å². The van der Waals surface area contributed by atoms with Crippen molar-refractivity contribution in [2.24, 2.45) is 7.05 Å². The van der Waals surface area contributed by atoms with Gasteiger partial charge >= 0.3 is 5.69 Å². The van der Waals surface area contributed by atoms with E-state index in [2.05, 4.69) is 10.1 Å². The number of hydrogen-bond acceptors (Lipinski definition) is 7. The van der Waals surface area contributed by atoms with E-state index >= 15 is 0 Å². The smallest absolute Gasteiger partial charge is 0.331 e. The Labute approximate surface area is 158 Å². The molecule has 27 heavy (non-hydrogen) atoms. The molecule has 2 heterocycles. The predicted molar refractivity (Wildman–Crippen MR) is 95.4 cm³/mol. The molecule has 0 radical (unpaired) electrons. The number of hydrogen-bond donors (Lipinski definition) is 2. The molecule has 3 aromatic rings. The largest absolute Gasteiger partial charge is 0.391 e. The quantitative estimate of drug-likeness (QED) is 0.622. The van der Waals surface area contributed by atoms with Gasteiger partial charge in [0, 0.05) is 24.7 Å². The molecule has 0 unspecified atom stereocenters. The van der Waals surface area contributed by atoms with Gasteiger partial charge in [-0.25, -0.2) is 4.79 Å². The Morgan fingerprint density at radius 2 is 1.96 bits per heavy atom. The molecule has 0 saturated heterocycles. The number of rotatable bonds is 6. The highest BCUT2D eigenvalue weighted by Crippen LogP contribution is 2.19. The standard InChI is InChI=1S/C17H17ClN4O5/c1-21-7-11(9-23)16(25)22(17(21)26)8-15-19-14(20-27-15)6-13(24)10-2-4-12(18)5-3-10/h2-5,7,13,23-24H,6,8-9H2,1H3/t13-/m0/s1. The van der Waals surface area contributed by atoms with Crippen molar-refractivity contribution in [3.05, 3.63) is 79.2 Å². The zero-order chi connectivity index (χ0) is 19.6. The molecular weight excluding hydrogens is 376 g/mol. The van der Waals surface area contributed by atoms with Crippen molar-refractivity contribution in [1.29, 1.82) is 0 Å². The van der Waals surface area contributed by atoms with E-state index in [-0.39, 0.29) is 30.2 Å². The first kappa shape index (κ1) is 19.0. The van der Waals surface area contributed by atoms with E-state index in [0.29, 0.717) is 10.6 Å². The number of aryl methyl sites for hydroxylation is 1. The molecule has 0 aliphatic carbocycles. The SMILES string of the molecule is Cn1cc(CO)c(=O)n(Cc2nc(C[C@H](O)c3ccc(Cl)cc3)no2)c1=O. The van der Waals surface area contributed by atoms with Crippen LogP contribution in [0.4, 0.5) is 0 Å². The predicted octanol–water partition coefficient (Wildman–Crippen LogP) is 0.400. The second-order valence-corrected chi connectivity index (χ2v) is 6.41. The molecular formula is C17H17ClN4O5. The Balaban J connectivity index is 1.79. The Kier molecular flexibility index (Phi) is 5.54. The summed E-state index contributed by atoms with van der Waals surface area (Å²) < 4.78 is 7.17. The van der Waals surface area contributed by atoms with Gasteiger partial charge in [-0.1, -0.05) is 28.9 Å². The average molecular weight is 393 g/mol. The molecule has 1 atom stereocenters. The lowest BCUT2D eigenvalue weighted by Gasteiger charge is -2.08. The Hall–Kier alpha value is -2.75. The first-order valence-corrected chi connectivity index (χ1v) is 8.42. The fourth-order valence-corrected chi connectivity index (χ4v) is 2.72. The van der Waals surface area contributed by atoms with Crippen LogP contribution in [0.5, 0.6) is 0 Å². The van der Waals surface area contributed by atoms with Crippen LogP contribution in [-0.2, 0) is 26.6 Å². The number of halogens is 1. The van der Waals surface area contributed by atoms with Gasteiger partial charge in [0.25, 0.3) is 5.56 Å². The lowest BCUT2D eigenvalue weighted by molar-refractivity contribution is 0.174. The topological polar surface area (TPSA) is 123 Å². The molecule has 0 fully saturated rings. The van der Waals surface area contributed by atoms with Gasteiger partial charge in [-0.05, 0) is 17.7 Å². The Morgan fingerprint density at radius 3 is 2.63 bits per heavy atom. The number of nitrogens with zero attached hydrogens (tertiary/aromatic N) is 4. The van der Waals surface area contributed by atoms with E-state index in [1.807, 2.05) is 0 Å². The molecule has 10 heteroatoms. The third-order valence-corrected chi connectivity index (χ3v) is 4.26. The van der Waals surface area contributed by atoms with E-state index < -0.39 is 24.0 Å². The van der Waals surface area contributed by atoms with Crippen LogP contribution < -0.4 is 11.2 Å². The fourth-order valence-electron chi connectivity index (χ4n) is 2.59. The van der Waals surface area contributed by atoms with Crippen LogP contribution in [0.25, 0.3) is 0 Å². The zero-order valence-electron chi connectivity index (χ0n) is 14.4. The van der Waals surface area contributed by atoms with Crippen molar-refractivity contribution < 1.29 is 14.7 Å². The molecule has 9 nitrogen and oxygen atoms in total. The summed E-state index contributed by atoms with van der Waals surface area (Å²) in [7, 11) is 1.47. The van der Waals surface area contributed by atoms with Crippen LogP contribution in [0.1, 0.15) is 28.9 Å². The lowest BCUT2D eigenvalue weighted by Crippen LogP contribution is -2.40. The second-order valence-electron chi connectivity index (χ2n) is 5.97. The zero-order valence-corrected chi connectivity index (χ0v) is 15.1. The molecule has 0 aliphatic rings. The molecule has 2 N–H and O–H groups in total. The summed E-state index contributed by atoms with van der Waals surface area (Å²) in [4.78, 5) is 28.5. The molecule has 0 amide bonds. The van der Waals surface area contributed by atoms with Crippen LogP contribution in [0.3, 0.4) is 0 Å². The van der Waals surface area contributed by atoms with E-state index in [1.54, 1.807) is 24.3 Å². The average Bonchev–Trinajstić information content (AvgIpc) is 3.09. The fraction of sp³-hybridized carbons (Fsp3) is 0.294. The van der Waals surface area contributed by atoms with Gasteiger partial charge in [0.2, 0.25) is 5.89 Å². The number of aromatic nitrogens is 4. The molecule has 142 valence electrons. The van der Waals surface area contributed by atoms with Crippen molar-refractivity contribution >= 4 is 11.6 Å². The maximum Gasteiger partial charge on any atom is 0.331 e. The normalized spacial score (nSPS) is 12.3. The highest BCUT2D eigenvalue weighted by atomic mass is 35.5. The van der Waals surface area contributed by atoms with Gasteiger partial charge in [-0.3, -0.25) is 9.36 Å². The molecule has 0 spiro atoms. The van der Waals surface area contributed by atoms with Crippen molar-refractivity contribution in [2.45, 2.75) is 25.7 Å². The molecule has 0 bridgehead atoms.